The maximum Gasteiger partial charge on any atom is 0.270 e. The number of fused-ring (bicyclic) bond motifs is 1. The minimum absolute atomic E-state index is 0.0330. The smallest absolute Gasteiger partial charge is 0.270 e. The van der Waals surface area contributed by atoms with Gasteiger partial charge in [0, 0.05) is 37.2 Å². The van der Waals surface area contributed by atoms with Gasteiger partial charge in [-0.05, 0) is 5.92 Å². The van der Waals surface area contributed by atoms with Gasteiger partial charge in [-0.15, -0.1) is 22.9 Å². The Morgan fingerprint density at radius 1 is 1.29 bits per heavy atom. The molecule has 1 N–H and O–H groups in total. The van der Waals surface area contributed by atoms with Gasteiger partial charge in [-0.1, -0.05) is 13.8 Å². The van der Waals surface area contributed by atoms with E-state index in [2.05, 4.69) is 15.4 Å². The fourth-order valence-electron chi connectivity index (χ4n) is 3.15. The summed E-state index contributed by atoms with van der Waals surface area (Å²) in [6.07, 6.45) is 1.42. The molecule has 0 atom stereocenters. The zero-order valence-corrected chi connectivity index (χ0v) is 17.6. The molecule has 0 aromatic carbocycles. The summed E-state index contributed by atoms with van der Waals surface area (Å²) in [6, 6.07) is 0. The first-order chi connectivity index (χ1) is 13.4. The number of carbonyl (C=O) groups excluding carboxylic acids is 3. The van der Waals surface area contributed by atoms with Crippen molar-refractivity contribution in [3.8, 4) is 0 Å². The molecule has 8 nitrogen and oxygen atoms in total. The van der Waals surface area contributed by atoms with Crippen LogP contribution < -0.4 is 5.32 Å². The van der Waals surface area contributed by atoms with E-state index in [1.54, 1.807) is 16.2 Å². The SMILES string of the molecule is CC(C)CN1N=C(C(=O)N2CCc3sc(CNC(=O)CCl)nc3C2)CCC1=O. The minimum atomic E-state index is -0.234. The number of alkyl halides is 1. The number of aromatic nitrogens is 1. The van der Waals surface area contributed by atoms with Crippen LogP contribution in [0.25, 0.3) is 0 Å². The number of hydrogen-bond acceptors (Lipinski definition) is 6. The second-order valence-electron chi connectivity index (χ2n) is 7.28. The van der Waals surface area contributed by atoms with E-state index in [1.165, 1.54) is 5.01 Å². The number of hydrogen-bond donors (Lipinski definition) is 1. The molecular weight excluding hydrogens is 402 g/mol. The third-order valence-electron chi connectivity index (χ3n) is 4.51. The van der Waals surface area contributed by atoms with Crippen LogP contribution in [0.1, 0.15) is 42.3 Å². The Morgan fingerprint density at radius 3 is 2.79 bits per heavy atom. The highest BCUT2D eigenvalue weighted by Crippen LogP contribution is 2.26. The monoisotopic (exact) mass is 425 g/mol. The topological polar surface area (TPSA) is 95.0 Å². The second kappa shape index (κ2) is 9.00. The molecule has 3 amide bonds. The number of nitrogens with one attached hydrogen (secondary N) is 1. The number of hydrazone groups is 1. The molecule has 3 heterocycles. The average Bonchev–Trinajstić information content (AvgIpc) is 3.09. The van der Waals surface area contributed by atoms with Crippen molar-refractivity contribution in [1.82, 2.24) is 20.2 Å². The lowest BCUT2D eigenvalue weighted by Gasteiger charge is -2.29. The van der Waals surface area contributed by atoms with Gasteiger partial charge in [0.1, 0.15) is 16.6 Å². The maximum atomic E-state index is 12.9. The average molecular weight is 426 g/mol. The quantitative estimate of drug-likeness (QED) is 0.699. The van der Waals surface area contributed by atoms with Crippen molar-refractivity contribution >= 4 is 46.4 Å². The third kappa shape index (κ3) is 4.88. The summed E-state index contributed by atoms with van der Waals surface area (Å²) in [5.41, 5.74) is 1.31. The Morgan fingerprint density at radius 2 is 2.07 bits per heavy atom. The van der Waals surface area contributed by atoms with Gasteiger partial charge in [-0.25, -0.2) is 9.99 Å². The van der Waals surface area contributed by atoms with E-state index < -0.39 is 0 Å². The van der Waals surface area contributed by atoms with Crippen molar-refractivity contribution < 1.29 is 14.4 Å². The van der Waals surface area contributed by atoms with Crippen LogP contribution in [0.2, 0.25) is 0 Å². The second-order valence-corrected chi connectivity index (χ2v) is 8.72. The van der Waals surface area contributed by atoms with Gasteiger partial charge >= 0.3 is 0 Å². The number of halogens is 1. The molecule has 0 radical (unpaired) electrons. The Hall–Kier alpha value is -2.00. The van der Waals surface area contributed by atoms with Gasteiger partial charge < -0.3 is 10.2 Å². The van der Waals surface area contributed by atoms with Crippen LogP contribution >= 0.6 is 22.9 Å². The van der Waals surface area contributed by atoms with Crippen molar-refractivity contribution in [2.24, 2.45) is 11.0 Å². The van der Waals surface area contributed by atoms with E-state index in [-0.39, 0.29) is 29.5 Å². The molecule has 2 aliphatic rings. The van der Waals surface area contributed by atoms with Crippen LogP contribution in [-0.4, -0.2) is 57.3 Å². The predicted octanol–water partition coefficient (Wildman–Crippen LogP) is 1.52. The van der Waals surface area contributed by atoms with Gasteiger partial charge in [-0.3, -0.25) is 14.4 Å². The van der Waals surface area contributed by atoms with E-state index in [4.69, 9.17) is 11.6 Å². The van der Waals surface area contributed by atoms with Crippen LogP contribution in [0.4, 0.5) is 0 Å². The first-order valence-corrected chi connectivity index (χ1v) is 10.7. The fourth-order valence-corrected chi connectivity index (χ4v) is 4.25. The molecule has 152 valence electrons. The normalized spacial score (nSPS) is 16.9. The standard InChI is InChI=1S/C18H24ClN5O3S/c1-11(2)9-24-17(26)4-3-12(22-24)18(27)23-6-5-14-13(10-23)21-16(28-14)8-20-15(25)7-19/h11H,3-10H2,1-2H3,(H,20,25). The van der Waals surface area contributed by atoms with Crippen molar-refractivity contribution in [2.75, 3.05) is 19.0 Å². The van der Waals surface area contributed by atoms with E-state index in [9.17, 15) is 14.4 Å². The van der Waals surface area contributed by atoms with Gasteiger partial charge in [0.05, 0.1) is 18.8 Å². The summed E-state index contributed by atoms with van der Waals surface area (Å²) in [5.74, 6) is -0.188. The maximum absolute atomic E-state index is 12.9. The number of rotatable bonds is 6. The lowest BCUT2D eigenvalue weighted by molar-refractivity contribution is -0.132. The highest BCUT2D eigenvalue weighted by molar-refractivity contribution is 7.11. The molecule has 10 heteroatoms. The van der Waals surface area contributed by atoms with Gasteiger partial charge in [0.2, 0.25) is 11.8 Å². The lowest BCUT2D eigenvalue weighted by atomic mass is 10.1. The molecule has 28 heavy (non-hydrogen) atoms. The molecule has 0 fully saturated rings. The molecule has 1 aromatic rings. The van der Waals surface area contributed by atoms with Crippen molar-refractivity contribution in [2.45, 2.75) is 46.2 Å². The van der Waals surface area contributed by atoms with E-state index in [0.717, 1.165) is 22.0 Å². The number of amides is 3. The number of thiazole rings is 1. The summed E-state index contributed by atoms with van der Waals surface area (Å²) in [7, 11) is 0. The van der Waals surface area contributed by atoms with E-state index in [0.29, 0.717) is 44.7 Å². The lowest BCUT2D eigenvalue weighted by Crippen LogP contribution is -2.44. The van der Waals surface area contributed by atoms with Gasteiger partial charge in [0.15, 0.2) is 0 Å². The number of carbonyl (C=O) groups is 3. The molecule has 1 aromatic heterocycles. The van der Waals surface area contributed by atoms with E-state index >= 15 is 0 Å². The highest BCUT2D eigenvalue weighted by Gasteiger charge is 2.30. The summed E-state index contributed by atoms with van der Waals surface area (Å²) in [4.78, 5) is 43.7. The first kappa shape index (κ1) is 20.7. The van der Waals surface area contributed by atoms with Crippen LogP contribution in [0.3, 0.4) is 0 Å². The molecular formula is C18H24ClN5O3S. The Kier molecular flexibility index (Phi) is 6.66. The summed E-state index contributed by atoms with van der Waals surface area (Å²) in [5, 5.41) is 9.27. The Balaban J connectivity index is 1.66. The van der Waals surface area contributed by atoms with Crippen molar-refractivity contribution in [3.63, 3.8) is 0 Å². The van der Waals surface area contributed by atoms with Gasteiger partial charge in [0.25, 0.3) is 5.91 Å². The predicted molar refractivity (Wildman–Crippen MR) is 107 cm³/mol. The Labute approximate surface area is 172 Å². The van der Waals surface area contributed by atoms with Crippen molar-refractivity contribution in [3.05, 3.63) is 15.6 Å². The van der Waals surface area contributed by atoms with Crippen LogP contribution in [0.15, 0.2) is 5.10 Å². The van der Waals surface area contributed by atoms with E-state index in [1.807, 2.05) is 13.8 Å². The molecule has 3 rings (SSSR count). The van der Waals surface area contributed by atoms with Crippen molar-refractivity contribution in [1.29, 1.82) is 0 Å². The van der Waals surface area contributed by atoms with Crippen LogP contribution in [-0.2, 0) is 33.9 Å². The van der Waals surface area contributed by atoms with Crippen LogP contribution in [0, 0.1) is 5.92 Å². The summed E-state index contributed by atoms with van der Waals surface area (Å²) in [6.45, 7) is 5.91. The van der Waals surface area contributed by atoms with Crippen LogP contribution in [0.5, 0.6) is 0 Å². The zero-order valence-electron chi connectivity index (χ0n) is 16.0. The molecule has 0 saturated carbocycles. The highest BCUT2D eigenvalue weighted by atomic mass is 35.5. The summed E-state index contributed by atoms with van der Waals surface area (Å²) < 4.78 is 0. The first-order valence-electron chi connectivity index (χ1n) is 9.34. The molecule has 0 unspecified atom stereocenters. The number of nitrogens with zero attached hydrogens (tertiary/aromatic N) is 4. The molecule has 0 spiro atoms. The molecule has 0 bridgehead atoms. The largest absolute Gasteiger partial charge is 0.349 e. The molecule has 0 aliphatic carbocycles. The Bertz CT molecular complexity index is 807. The zero-order chi connectivity index (χ0) is 20.3. The summed E-state index contributed by atoms with van der Waals surface area (Å²) >= 11 is 7.04. The minimum Gasteiger partial charge on any atom is -0.349 e. The van der Waals surface area contributed by atoms with Gasteiger partial charge in [-0.2, -0.15) is 5.10 Å². The molecule has 2 aliphatic heterocycles. The fraction of sp³-hybridized carbons (Fsp3) is 0.611. The third-order valence-corrected chi connectivity index (χ3v) is 5.91. The molecule has 0 saturated heterocycles.